The van der Waals surface area contributed by atoms with Crippen molar-refractivity contribution in [2.45, 2.75) is 13.0 Å². The molecule has 3 heteroatoms. The van der Waals surface area contributed by atoms with E-state index in [9.17, 15) is 4.79 Å². The predicted octanol–water partition coefficient (Wildman–Crippen LogP) is 6.12. The smallest absolute Gasteiger partial charge is 0.189 e. The molecule has 4 aromatic rings. The summed E-state index contributed by atoms with van der Waals surface area (Å²) in [5.41, 5.74) is 6.41. The fourth-order valence-electron chi connectivity index (χ4n) is 3.97. The van der Waals surface area contributed by atoms with E-state index in [4.69, 9.17) is 0 Å². The Kier molecular flexibility index (Phi) is 4.40. The molecule has 0 unspecified atom stereocenters. The Bertz CT molecular complexity index is 1230. The van der Waals surface area contributed by atoms with E-state index in [1.54, 1.807) is 0 Å². The second kappa shape index (κ2) is 7.06. The molecule has 0 N–H and O–H groups in total. The van der Waals surface area contributed by atoms with Gasteiger partial charge in [-0.1, -0.05) is 54.6 Å². The molecular formula is C25H18INO. The van der Waals surface area contributed by atoms with Gasteiger partial charge in [-0.3, -0.25) is 4.79 Å². The summed E-state index contributed by atoms with van der Waals surface area (Å²) in [6.07, 6.45) is 4.96. The van der Waals surface area contributed by atoms with Crippen LogP contribution >= 0.6 is 22.6 Å². The largest absolute Gasteiger partial charge is 0.342 e. The Morgan fingerprint density at radius 1 is 0.929 bits per heavy atom. The number of carbonyl (C=O) groups excluding carboxylic acids is 1. The van der Waals surface area contributed by atoms with Crippen LogP contribution in [0.3, 0.4) is 0 Å². The van der Waals surface area contributed by atoms with Crippen LogP contribution in [0, 0.1) is 3.57 Å². The molecule has 0 saturated carbocycles. The zero-order valence-corrected chi connectivity index (χ0v) is 17.4. The minimum Gasteiger partial charge on any atom is -0.342 e. The van der Waals surface area contributed by atoms with E-state index >= 15 is 0 Å². The SMILES string of the molecule is O=C1/C(=C/c2cn(Cc3ccc(I)cc3)c3ccccc23)Cc2ccccc21. The number of allylic oxidation sites excluding steroid dienone is 1. The third-order valence-electron chi connectivity index (χ3n) is 5.35. The number of carbonyl (C=O) groups is 1. The average Bonchev–Trinajstić information content (AvgIpc) is 3.22. The second-order valence-electron chi connectivity index (χ2n) is 7.19. The van der Waals surface area contributed by atoms with Crippen molar-refractivity contribution in [1.29, 1.82) is 0 Å². The number of benzene rings is 3. The van der Waals surface area contributed by atoms with Gasteiger partial charge in [-0.25, -0.2) is 0 Å². The van der Waals surface area contributed by atoms with Crippen molar-refractivity contribution in [1.82, 2.24) is 4.57 Å². The van der Waals surface area contributed by atoms with E-state index in [1.165, 1.54) is 20.0 Å². The van der Waals surface area contributed by atoms with Crippen molar-refractivity contribution >= 4 is 45.4 Å². The molecule has 0 saturated heterocycles. The lowest BCUT2D eigenvalue weighted by Gasteiger charge is -2.05. The average molecular weight is 475 g/mol. The first-order valence-electron chi connectivity index (χ1n) is 9.34. The Morgan fingerprint density at radius 2 is 1.68 bits per heavy atom. The van der Waals surface area contributed by atoms with Crippen LogP contribution in [0.15, 0.2) is 84.6 Å². The quantitative estimate of drug-likeness (QED) is 0.259. The van der Waals surface area contributed by atoms with E-state index in [0.717, 1.165) is 28.8 Å². The summed E-state index contributed by atoms with van der Waals surface area (Å²) in [5.74, 6) is 0.157. The van der Waals surface area contributed by atoms with E-state index in [0.29, 0.717) is 6.42 Å². The highest BCUT2D eigenvalue weighted by Crippen LogP contribution is 2.30. The van der Waals surface area contributed by atoms with Crippen LogP contribution < -0.4 is 0 Å². The maximum atomic E-state index is 12.8. The number of halogens is 1. The topological polar surface area (TPSA) is 22.0 Å². The number of nitrogens with zero attached hydrogens (tertiary/aromatic N) is 1. The number of para-hydroxylation sites is 1. The van der Waals surface area contributed by atoms with Crippen LogP contribution in [0.25, 0.3) is 17.0 Å². The number of Topliss-reactive ketones (excluding diaryl/α,β-unsaturated/α-hetero) is 1. The zero-order chi connectivity index (χ0) is 19.1. The monoisotopic (exact) mass is 475 g/mol. The molecule has 136 valence electrons. The summed E-state index contributed by atoms with van der Waals surface area (Å²) in [5, 5.41) is 1.18. The van der Waals surface area contributed by atoms with Crippen LogP contribution in [-0.4, -0.2) is 10.4 Å². The Labute approximate surface area is 177 Å². The number of aromatic nitrogens is 1. The maximum absolute atomic E-state index is 12.8. The fourth-order valence-corrected chi connectivity index (χ4v) is 4.33. The molecule has 0 atom stereocenters. The molecule has 3 aromatic carbocycles. The third-order valence-corrected chi connectivity index (χ3v) is 6.07. The molecule has 0 bridgehead atoms. The molecule has 28 heavy (non-hydrogen) atoms. The third kappa shape index (κ3) is 3.10. The van der Waals surface area contributed by atoms with Gasteiger partial charge in [-0.05, 0) is 58.0 Å². The molecule has 1 heterocycles. The second-order valence-corrected chi connectivity index (χ2v) is 8.43. The summed E-state index contributed by atoms with van der Waals surface area (Å²) in [7, 11) is 0. The van der Waals surface area contributed by atoms with Crippen LogP contribution in [-0.2, 0) is 13.0 Å². The molecule has 0 aliphatic heterocycles. The van der Waals surface area contributed by atoms with Gasteiger partial charge in [0.1, 0.15) is 0 Å². The van der Waals surface area contributed by atoms with Gasteiger partial charge >= 0.3 is 0 Å². The maximum Gasteiger partial charge on any atom is 0.189 e. The molecule has 0 amide bonds. The molecule has 2 nitrogen and oxygen atoms in total. The van der Waals surface area contributed by atoms with Crippen molar-refractivity contribution in [2.24, 2.45) is 0 Å². The lowest BCUT2D eigenvalue weighted by molar-refractivity contribution is 0.104. The summed E-state index contributed by atoms with van der Waals surface area (Å²) < 4.78 is 3.51. The first-order chi connectivity index (χ1) is 13.7. The number of fused-ring (bicyclic) bond motifs is 2. The lowest BCUT2D eigenvalue weighted by Crippen LogP contribution is -1.97. The van der Waals surface area contributed by atoms with Crippen LogP contribution in [0.5, 0.6) is 0 Å². The first kappa shape index (κ1) is 17.4. The van der Waals surface area contributed by atoms with Crippen LogP contribution in [0.1, 0.15) is 27.0 Å². The Hall–Kier alpha value is -2.66. The standard InChI is InChI=1S/C25H18INO/c26-21-11-9-17(10-12-21)15-27-16-20(22-6-3-4-8-24(22)27)14-19-13-18-5-1-2-7-23(18)25(19)28/h1-12,14,16H,13,15H2/b19-14+. The van der Waals surface area contributed by atoms with Crippen LogP contribution in [0.2, 0.25) is 0 Å². The van der Waals surface area contributed by atoms with E-state index in [2.05, 4.69) is 88.0 Å². The van der Waals surface area contributed by atoms with E-state index in [-0.39, 0.29) is 5.78 Å². The van der Waals surface area contributed by atoms with Crippen molar-refractivity contribution in [3.63, 3.8) is 0 Å². The number of hydrogen-bond acceptors (Lipinski definition) is 1. The van der Waals surface area contributed by atoms with Gasteiger partial charge in [0, 0.05) is 50.3 Å². The summed E-state index contributed by atoms with van der Waals surface area (Å²) in [6.45, 7) is 0.814. The molecule has 0 spiro atoms. The number of rotatable bonds is 3. The first-order valence-corrected chi connectivity index (χ1v) is 10.4. The number of hydrogen-bond donors (Lipinski definition) is 0. The normalized spacial score (nSPS) is 14.8. The molecule has 1 aromatic heterocycles. The minimum absolute atomic E-state index is 0.157. The minimum atomic E-state index is 0.157. The summed E-state index contributed by atoms with van der Waals surface area (Å²) >= 11 is 2.33. The molecule has 1 aliphatic carbocycles. The van der Waals surface area contributed by atoms with Gasteiger partial charge in [0.15, 0.2) is 5.78 Å². The molecule has 1 aliphatic rings. The predicted molar refractivity (Wildman–Crippen MR) is 123 cm³/mol. The number of ketones is 1. The van der Waals surface area contributed by atoms with Crippen molar-refractivity contribution in [3.05, 3.63) is 110 Å². The van der Waals surface area contributed by atoms with Gasteiger partial charge < -0.3 is 4.57 Å². The highest BCUT2D eigenvalue weighted by Gasteiger charge is 2.24. The molecular weight excluding hydrogens is 457 g/mol. The summed E-state index contributed by atoms with van der Waals surface area (Å²) in [6, 6.07) is 25.0. The zero-order valence-electron chi connectivity index (χ0n) is 15.2. The highest BCUT2D eigenvalue weighted by molar-refractivity contribution is 14.1. The van der Waals surface area contributed by atoms with Gasteiger partial charge in [-0.15, -0.1) is 0 Å². The molecule has 0 fully saturated rings. The van der Waals surface area contributed by atoms with Gasteiger partial charge in [0.2, 0.25) is 0 Å². The summed E-state index contributed by atoms with van der Waals surface area (Å²) in [4.78, 5) is 12.8. The van der Waals surface area contributed by atoms with Gasteiger partial charge in [-0.2, -0.15) is 0 Å². The fraction of sp³-hybridized carbons (Fsp3) is 0.0800. The Balaban J connectivity index is 1.56. The van der Waals surface area contributed by atoms with Crippen molar-refractivity contribution in [3.8, 4) is 0 Å². The molecule has 5 rings (SSSR count). The van der Waals surface area contributed by atoms with E-state index in [1.807, 2.05) is 24.3 Å². The molecule has 0 radical (unpaired) electrons. The van der Waals surface area contributed by atoms with E-state index < -0.39 is 0 Å². The van der Waals surface area contributed by atoms with Crippen molar-refractivity contribution in [2.75, 3.05) is 0 Å². The van der Waals surface area contributed by atoms with Crippen LogP contribution in [0.4, 0.5) is 0 Å². The Morgan fingerprint density at radius 3 is 2.50 bits per heavy atom. The van der Waals surface area contributed by atoms with Crippen molar-refractivity contribution < 1.29 is 4.79 Å². The highest BCUT2D eigenvalue weighted by atomic mass is 127. The van der Waals surface area contributed by atoms with Gasteiger partial charge in [0.05, 0.1) is 0 Å². The lowest BCUT2D eigenvalue weighted by atomic mass is 10.1. The van der Waals surface area contributed by atoms with Gasteiger partial charge in [0.25, 0.3) is 0 Å².